The van der Waals surface area contributed by atoms with Gasteiger partial charge in [-0.15, -0.1) is 11.3 Å². The average Bonchev–Trinajstić information content (AvgIpc) is 3.14. The van der Waals surface area contributed by atoms with Crippen molar-refractivity contribution in [3.63, 3.8) is 0 Å². The third-order valence-corrected chi connectivity index (χ3v) is 4.29. The van der Waals surface area contributed by atoms with Crippen LogP contribution in [0.15, 0.2) is 24.5 Å². The van der Waals surface area contributed by atoms with Crippen LogP contribution in [0.5, 0.6) is 0 Å². The topological polar surface area (TPSA) is 54.9 Å². The quantitative estimate of drug-likeness (QED) is 0.930. The molecule has 0 radical (unpaired) electrons. The second kappa shape index (κ2) is 5.09. The second-order valence-electron chi connectivity index (χ2n) is 4.78. The largest absolute Gasteiger partial charge is 0.353 e. The molecule has 1 fully saturated rings. The maximum absolute atomic E-state index is 11.8. The summed E-state index contributed by atoms with van der Waals surface area (Å²) in [5.41, 5.74) is 2.00. The van der Waals surface area contributed by atoms with Crippen molar-refractivity contribution < 1.29 is 4.79 Å². The van der Waals surface area contributed by atoms with Crippen LogP contribution in [0.1, 0.15) is 23.4 Å². The van der Waals surface area contributed by atoms with Gasteiger partial charge in [-0.05, 0) is 31.9 Å². The van der Waals surface area contributed by atoms with Gasteiger partial charge in [0.15, 0.2) is 0 Å². The van der Waals surface area contributed by atoms with Crippen molar-refractivity contribution in [1.82, 2.24) is 15.3 Å². The van der Waals surface area contributed by atoms with E-state index in [1.165, 1.54) is 0 Å². The molecule has 4 nitrogen and oxygen atoms in total. The molecule has 2 heterocycles. The van der Waals surface area contributed by atoms with Crippen LogP contribution in [-0.2, 0) is 11.2 Å². The fraction of sp³-hybridized carbons (Fsp3) is 0.357. The Morgan fingerprint density at radius 1 is 1.42 bits per heavy atom. The summed E-state index contributed by atoms with van der Waals surface area (Å²) in [6.07, 6.45) is 6.19. The molecule has 0 spiro atoms. The van der Waals surface area contributed by atoms with E-state index >= 15 is 0 Å². The Hall–Kier alpha value is -1.75. The molecular weight excluding hydrogens is 258 g/mol. The Morgan fingerprint density at radius 2 is 2.16 bits per heavy atom. The molecule has 1 aliphatic carbocycles. The molecule has 2 aromatic rings. The molecule has 1 saturated carbocycles. The van der Waals surface area contributed by atoms with E-state index in [2.05, 4.69) is 15.3 Å². The van der Waals surface area contributed by atoms with Gasteiger partial charge < -0.3 is 5.32 Å². The number of nitrogens with zero attached hydrogens (tertiary/aromatic N) is 2. The predicted octanol–water partition coefficient (Wildman–Crippen LogP) is 2.33. The lowest BCUT2D eigenvalue weighted by molar-refractivity contribution is -0.120. The van der Waals surface area contributed by atoms with Crippen LogP contribution in [0.4, 0.5) is 0 Å². The van der Waals surface area contributed by atoms with Crippen molar-refractivity contribution in [2.45, 2.75) is 32.2 Å². The monoisotopic (exact) mass is 273 g/mol. The van der Waals surface area contributed by atoms with E-state index in [1.807, 2.05) is 19.1 Å². The van der Waals surface area contributed by atoms with E-state index in [0.29, 0.717) is 12.5 Å². The van der Waals surface area contributed by atoms with Crippen LogP contribution >= 0.6 is 11.3 Å². The third kappa shape index (κ3) is 2.98. The first-order chi connectivity index (χ1) is 9.22. The molecule has 1 N–H and O–H groups in total. The molecule has 0 atom stereocenters. The summed E-state index contributed by atoms with van der Waals surface area (Å²) in [7, 11) is 0. The number of hydrogen-bond acceptors (Lipinski definition) is 4. The van der Waals surface area contributed by atoms with Gasteiger partial charge in [0.2, 0.25) is 5.91 Å². The van der Waals surface area contributed by atoms with Crippen molar-refractivity contribution in [3.05, 3.63) is 35.1 Å². The van der Waals surface area contributed by atoms with Gasteiger partial charge in [-0.25, -0.2) is 4.98 Å². The minimum absolute atomic E-state index is 0.107. The lowest BCUT2D eigenvalue weighted by Gasteiger charge is -2.01. The Balaban J connectivity index is 1.75. The average molecular weight is 273 g/mol. The number of nitrogens with one attached hydrogen (secondary N) is 1. The first kappa shape index (κ1) is 12.3. The Morgan fingerprint density at radius 3 is 2.84 bits per heavy atom. The van der Waals surface area contributed by atoms with E-state index in [1.54, 1.807) is 23.7 Å². The zero-order valence-corrected chi connectivity index (χ0v) is 11.5. The van der Waals surface area contributed by atoms with Gasteiger partial charge >= 0.3 is 0 Å². The number of thiazole rings is 1. The van der Waals surface area contributed by atoms with Crippen LogP contribution in [0.25, 0.3) is 10.6 Å². The van der Waals surface area contributed by atoms with E-state index in [9.17, 15) is 4.79 Å². The Labute approximate surface area is 115 Å². The molecule has 98 valence electrons. The van der Waals surface area contributed by atoms with Gasteiger partial charge in [0.1, 0.15) is 5.01 Å². The molecule has 0 unspecified atom stereocenters. The SMILES string of the molecule is Cc1nc(-c2ccncc2)sc1CC(=O)NC1CC1. The summed E-state index contributed by atoms with van der Waals surface area (Å²) < 4.78 is 0. The van der Waals surface area contributed by atoms with Crippen molar-refractivity contribution in [2.24, 2.45) is 0 Å². The Kier molecular flexibility index (Phi) is 3.29. The molecule has 0 bridgehead atoms. The minimum Gasteiger partial charge on any atom is -0.353 e. The number of aryl methyl sites for hydroxylation is 1. The summed E-state index contributed by atoms with van der Waals surface area (Å²) in [6.45, 7) is 1.96. The molecule has 1 amide bonds. The highest BCUT2D eigenvalue weighted by atomic mass is 32.1. The lowest BCUT2D eigenvalue weighted by Crippen LogP contribution is -2.26. The molecule has 19 heavy (non-hydrogen) atoms. The standard InChI is InChI=1S/C14H15N3OS/c1-9-12(8-13(18)17-11-2-3-11)19-14(16-9)10-4-6-15-7-5-10/h4-7,11H,2-3,8H2,1H3,(H,17,18). The van der Waals surface area contributed by atoms with Crippen LogP contribution in [0.2, 0.25) is 0 Å². The Bertz CT molecular complexity index is 590. The summed E-state index contributed by atoms with van der Waals surface area (Å²) in [5.74, 6) is 0.107. The molecular formula is C14H15N3OS. The van der Waals surface area contributed by atoms with E-state index < -0.39 is 0 Å². The second-order valence-corrected chi connectivity index (χ2v) is 5.87. The molecule has 5 heteroatoms. The van der Waals surface area contributed by atoms with E-state index in [-0.39, 0.29) is 5.91 Å². The highest BCUT2D eigenvalue weighted by Gasteiger charge is 2.23. The zero-order valence-electron chi connectivity index (χ0n) is 10.7. The van der Waals surface area contributed by atoms with Gasteiger partial charge in [-0.1, -0.05) is 0 Å². The van der Waals surface area contributed by atoms with Crippen LogP contribution < -0.4 is 5.32 Å². The van der Waals surface area contributed by atoms with Gasteiger partial charge in [0, 0.05) is 28.9 Å². The summed E-state index contributed by atoms with van der Waals surface area (Å²) in [5, 5.41) is 3.96. The molecule has 2 aromatic heterocycles. The molecule has 0 aliphatic heterocycles. The van der Waals surface area contributed by atoms with Crippen molar-refractivity contribution in [3.8, 4) is 10.6 Å². The first-order valence-electron chi connectivity index (χ1n) is 6.38. The fourth-order valence-electron chi connectivity index (χ4n) is 1.86. The zero-order chi connectivity index (χ0) is 13.2. The van der Waals surface area contributed by atoms with Crippen LogP contribution in [-0.4, -0.2) is 21.9 Å². The van der Waals surface area contributed by atoms with E-state index in [0.717, 1.165) is 34.0 Å². The number of aromatic nitrogens is 2. The fourth-order valence-corrected chi connectivity index (χ4v) is 2.93. The molecule has 3 rings (SSSR count). The maximum atomic E-state index is 11.8. The van der Waals surface area contributed by atoms with Gasteiger partial charge in [0.25, 0.3) is 0 Å². The van der Waals surface area contributed by atoms with Gasteiger partial charge in [-0.3, -0.25) is 9.78 Å². The molecule has 0 saturated heterocycles. The van der Waals surface area contributed by atoms with Gasteiger partial charge in [-0.2, -0.15) is 0 Å². The maximum Gasteiger partial charge on any atom is 0.225 e. The highest BCUT2D eigenvalue weighted by Crippen LogP contribution is 2.28. The molecule has 1 aliphatic rings. The highest BCUT2D eigenvalue weighted by molar-refractivity contribution is 7.15. The number of carbonyl (C=O) groups is 1. The van der Waals surface area contributed by atoms with Crippen molar-refractivity contribution in [1.29, 1.82) is 0 Å². The summed E-state index contributed by atoms with van der Waals surface area (Å²) in [4.78, 5) is 21.4. The lowest BCUT2D eigenvalue weighted by atomic mass is 10.2. The minimum atomic E-state index is 0.107. The summed E-state index contributed by atoms with van der Waals surface area (Å²) in [6, 6.07) is 4.29. The van der Waals surface area contributed by atoms with Crippen molar-refractivity contribution >= 4 is 17.2 Å². The van der Waals surface area contributed by atoms with Gasteiger partial charge in [0.05, 0.1) is 12.1 Å². The number of amides is 1. The number of carbonyl (C=O) groups excluding carboxylic acids is 1. The number of pyridine rings is 1. The normalized spacial score (nSPS) is 14.4. The smallest absolute Gasteiger partial charge is 0.225 e. The van der Waals surface area contributed by atoms with Crippen LogP contribution in [0, 0.1) is 6.92 Å². The van der Waals surface area contributed by atoms with Crippen molar-refractivity contribution in [2.75, 3.05) is 0 Å². The molecule has 0 aromatic carbocycles. The third-order valence-electron chi connectivity index (χ3n) is 3.08. The summed E-state index contributed by atoms with van der Waals surface area (Å²) >= 11 is 1.59. The predicted molar refractivity (Wildman–Crippen MR) is 75.0 cm³/mol. The first-order valence-corrected chi connectivity index (χ1v) is 7.20. The van der Waals surface area contributed by atoms with Crippen LogP contribution in [0.3, 0.4) is 0 Å². The van der Waals surface area contributed by atoms with E-state index in [4.69, 9.17) is 0 Å². The number of hydrogen-bond donors (Lipinski definition) is 1. The number of rotatable bonds is 4.